The summed E-state index contributed by atoms with van der Waals surface area (Å²) in [6.07, 6.45) is 0.842. The number of nitrogens with one attached hydrogen (secondary N) is 3. The first kappa shape index (κ1) is 32.3. The van der Waals surface area contributed by atoms with Crippen LogP contribution in [0, 0.1) is 10.8 Å². The van der Waals surface area contributed by atoms with Crippen LogP contribution in [0.3, 0.4) is 0 Å². The number of fused-ring (bicyclic) bond motifs is 1. The second-order valence-corrected chi connectivity index (χ2v) is 13.9. The number of Topliss-reactive ketones (excluding diaryl/α,β-unsaturated/α-hetero) is 1. The van der Waals surface area contributed by atoms with Gasteiger partial charge in [-0.2, -0.15) is 0 Å². The molecule has 5 amide bonds. The van der Waals surface area contributed by atoms with Crippen LogP contribution in [0.5, 0.6) is 0 Å². The smallest absolute Gasteiger partial charge is 0.319 e. The van der Waals surface area contributed by atoms with Crippen molar-refractivity contribution in [3.63, 3.8) is 0 Å². The Morgan fingerprint density at radius 3 is 2.10 bits per heavy atom. The van der Waals surface area contributed by atoms with Gasteiger partial charge in [-0.25, -0.2) is 17.9 Å². The minimum absolute atomic E-state index is 0.0203. The van der Waals surface area contributed by atoms with Gasteiger partial charge >= 0.3 is 6.03 Å². The standard InChI is InChI=1S/C29H37N5O7S/c1-28(2,3)23(35)17-33-21-13-8-9-14-22(21)34(26(38)29(4,5)6)16-20(25(33)37)31-27(39)30-19-12-10-11-18(15-19)24(36)32-42(7,40)41/h8-15,20H,16-17H2,1-7H3,(H,32,36)(H2,30,31,39). The van der Waals surface area contributed by atoms with Crippen LogP contribution in [0.15, 0.2) is 48.5 Å². The van der Waals surface area contributed by atoms with Gasteiger partial charge in [0.15, 0.2) is 5.78 Å². The van der Waals surface area contributed by atoms with Crippen LogP contribution >= 0.6 is 0 Å². The Hall–Kier alpha value is -4.26. The third-order valence-corrected chi connectivity index (χ3v) is 6.94. The third kappa shape index (κ3) is 7.93. The van der Waals surface area contributed by atoms with Crippen molar-refractivity contribution in [1.82, 2.24) is 10.0 Å². The minimum atomic E-state index is -3.80. The number of benzene rings is 2. The molecule has 1 aliphatic heterocycles. The maximum Gasteiger partial charge on any atom is 0.319 e. The number of nitrogens with zero attached hydrogens (tertiary/aromatic N) is 2. The molecule has 1 heterocycles. The van der Waals surface area contributed by atoms with E-state index in [0.29, 0.717) is 11.4 Å². The van der Waals surface area contributed by atoms with Gasteiger partial charge in [-0.3, -0.25) is 19.2 Å². The van der Waals surface area contributed by atoms with E-state index in [0.717, 1.165) is 6.26 Å². The molecule has 0 aliphatic carbocycles. The summed E-state index contributed by atoms with van der Waals surface area (Å²) in [7, 11) is -3.80. The van der Waals surface area contributed by atoms with Crippen molar-refractivity contribution in [2.75, 3.05) is 34.5 Å². The fourth-order valence-corrected chi connectivity index (χ4v) is 4.58. The van der Waals surface area contributed by atoms with Gasteiger partial charge in [-0.05, 0) is 30.3 Å². The topological polar surface area (TPSA) is 162 Å². The molecule has 1 unspecified atom stereocenters. The normalized spacial score (nSPS) is 15.8. The zero-order chi connectivity index (χ0) is 31.6. The van der Waals surface area contributed by atoms with Crippen LogP contribution in [0.1, 0.15) is 51.9 Å². The summed E-state index contributed by atoms with van der Waals surface area (Å²) in [6.45, 7) is 9.99. The van der Waals surface area contributed by atoms with Crippen molar-refractivity contribution in [3.05, 3.63) is 54.1 Å². The predicted molar refractivity (Wildman–Crippen MR) is 160 cm³/mol. The Morgan fingerprint density at radius 2 is 1.52 bits per heavy atom. The summed E-state index contributed by atoms with van der Waals surface area (Å²) in [4.78, 5) is 68.7. The molecule has 0 aromatic heterocycles. The summed E-state index contributed by atoms with van der Waals surface area (Å²) >= 11 is 0. The quantitative estimate of drug-likeness (QED) is 0.460. The SMILES string of the molecule is CC(C)(C)C(=O)CN1C(=O)C(NC(=O)Nc2cccc(C(=O)NS(C)(=O)=O)c2)CN(C(=O)C(C)(C)C)c2ccccc21. The maximum atomic E-state index is 13.9. The van der Waals surface area contributed by atoms with Crippen LogP contribution in [0.25, 0.3) is 0 Å². The number of urea groups is 1. The monoisotopic (exact) mass is 599 g/mol. The highest BCUT2D eigenvalue weighted by Crippen LogP contribution is 2.36. The fourth-order valence-electron chi connectivity index (χ4n) is 4.13. The van der Waals surface area contributed by atoms with Crippen molar-refractivity contribution in [2.45, 2.75) is 47.6 Å². The van der Waals surface area contributed by atoms with Crippen LogP contribution < -0.4 is 25.2 Å². The van der Waals surface area contributed by atoms with E-state index in [2.05, 4.69) is 10.6 Å². The molecule has 0 radical (unpaired) electrons. The molecule has 0 saturated heterocycles. The molecule has 0 fully saturated rings. The Morgan fingerprint density at radius 1 is 0.905 bits per heavy atom. The molecule has 0 bridgehead atoms. The third-order valence-electron chi connectivity index (χ3n) is 6.38. The first-order chi connectivity index (χ1) is 19.3. The fraction of sp³-hybridized carbons (Fsp3) is 0.414. The molecule has 226 valence electrons. The van der Waals surface area contributed by atoms with Gasteiger partial charge in [0, 0.05) is 22.1 Å². The molecule has 1 aliphatic rings. The van der Waals surface area contributed by atoms with Crippen LogP contribution in [-0.2, 0) is 24.4 Å². The summed E-state index contributed by atoms with van der Waals surface area (Å²) in [6, 6.07) is 10.3. The van der Waals surface area contributed by atoms with Gasteiger partial charge in [0.25, 0.3) is 11.8 Å². The lowest BCUT2D eigenvalue weighted by Crippen LogP contribution is -2.55. The van der Waals surface area contributed by atoms with Crippen molar-refractivity contribution in [1.29, 1.82) is 0 Å². The van der Waals surface area contributed by atoms with Crippen molar-refractivity contribution < 1.29 is 32.4 Å². The zero-order valence-electron chi connectivity index (χ0n) is 24.8. The number of ketones is 1. The van der Waals surface area contributed by atoms with Crippen LogP contribution in [0.4, 0.5) is 21.9 Å². The second-order valence-electron chi connectivity index (χ2n) is 12.2. The van der Waals surface area contributed by atoms with Gasteiger partial charge in [0.2, 0.25) is 15.9 Å². The minimum Gasteiger partial charge on any atom is -0.324 e. The number of anilines is 3. The van der Waals surface area contributed by atoms with Gasteiger partial charge in [0.05, 0.1) is 30.7 Å². The summed E-state index contributed by atoms with van der Waals surface area (Å²) in [5.41, 5.74) is -0.647. The predicted octanol–water partition coefficient (Wildman–Crippen LogP) is 2.91. The summed E-state index contributed by atoms with van der Waals surface area (Å²) < 4.78 is 24.7. The van der Waals surface area contributed by atoms with Gasteiger partial charge in [0.1, 0.15) is 6.04 Å². The van der Waals surface area contributed by atoms with E-state index in [1.165, 1.54) is 34.1 Å². The lowest BCUT2D eigenvalue weighted by Gasteiger charge is -2.31. The Balaban J connectivity index is 1.96. The van der Waals surface area contributed by atoms with Crippen molar-refractivity contribution in [3.8, 4) is 0 Å². The first-order valence-corrected chi connectivity index (χ1v) is 15.1. The molecule has 1 atom stereocenters. The van der Waals surface area contributed by atoms with Crippen molar-refractivity contribution >= 4 is 56.6 Å². The molecular weight excluding hydrogens is 562 g/mol. The molecule has 3 N–H and O–H groups in total. The number of hydrogen-bond donors (Lipinski definition) is 3. The van der Waals surface area contributed by atoms with Gasteiger partial charge in [-0.15, -0.1) is 0 Å². The largest absolute Gasteiger partial charge is 0.324 e. The van der Waals surface area contributed by atoms with E-state index >= 15 is 0 Å². The Labute approximate surface area is 245 Å². The first-order valence-electron chi connectivity index (χ1n) is 13.2. The molecule has 0 spiro atoms. The number of amides is 5. The molecule has 2 aromatic carbocycles. The van der Waals surface area contributed by atoms with E-state index < -0.39 is 44.7 Å². The highest BCUT2D eigenvalue weighted by molar-refractivity contribution is 7.89. The molecule has 0 saturated carbocycles. The van der Waals surface area contributed by atoms with Gasteiger partial charge < -0.3 is 20.4 Å². The van der Waals surface area contributed by atoms with E-state index in [-0.39, 0.29) is 36.0 Å². The average molecular weight is 600 g/mol. The Kier molecular flexibility index (Phi) is 9.16. The van der Waals surface area contributed by atoms with Crippen molar-refractivity contribution in [2.24, 2.45) is 10.8 Å². The highest BCUT2D eigenvalue weighted by atomic mass is 32.2. The molecule has 42 heavy (non-hydrogen) atoms. The molecule has 2 aromatic rings. The molecular formula is C29H37N5O7S. The number of carbonyl (C=O) groups is 5. The summed E-state index contributed by atoms with van der Waals surface area (Å²) in [5.74, 6) is -1.97. The average Bonchev–Trinajstić information content (AvgIpc) is 2.97. The number of hydrogen-bond acceptors (Lipinski definition) is 7. The van der Waals surface area contributed by atoms with E-state index in [4.69, 9.17) is 0 Å². The number of sulfonamides is 1. The van der Waals surface area contributed by atoms with E-state index in [1.54, 1.807) is 65.8 Å². The number of rotatable bonds is 6. The molecule has 12 nitrogen and oxygen atoms in total. The highest BCUT2D eigenvalue weighted by Gasteiger charge is 2.40. The maximum absolute atomic E-state index is 13.9. The van der Waals surface area contributed by atoms with Crippen LogP contribution in [-0.4, -0.2) is 63.3 Å². The lowest BCUT2D eigenvalue weighted by molar-refractivity contribution is -0.128. The number of para-hydroxylation sites is 2. The molecule has 13 heteroatoms. The molecule has 3 rings (SSSR count). The Bertz CT molecular complexity index is 1520. The summed E-state index contributed by atoms with van der Waals surface area (Å²) in [5, 5.41) is 5.16. The van der Waals surface area contributed by atoms with E-state index in [9.17, 15) is 32.4 Å². The lowest BCUT2D eigenvalue weighted by atomic mass is 9.90. The second kappa shape index (κ2) is 11.9. The van der Waals surface area contributed by atoms with Crippen LogP contribution in [0.2, 0.25) is 0 Å². The number of carbonyl (C=O) groups excluding carboxylic acids is 5. The van der Waals surface area contributed by atoms with E-state index in [1.807, 2.05) is 4.72 Å². The van der Waals surface area contributed by atoms with Gasteiger partial charge in [-0.1, -0.05) is 59.7 Å². The zero-order valence-corrected chi connectivity index (χ0v) is 25.6.